The lowest BCUT2D eigenvalue weighted by Crippen LogP contribution is -1.90. The van der Waals surface area contributed by atoms with Crippen molar-refractivity contribution >= 4 is 27.5 Å². The Morgan fingerprint density at radius 3 is 2.44 bits per heavy atom. The summed E-state index contributed by atoms with van der Waals surface area (Å²) in [5, 5.41) is 1.59. The average molecular weight is 326 g/mol. The first-order valence-corrected chi connectivity index (χ1v) is 7.19. The number of ether oxygens (including phenoxy) is 1. The second-order valence-electron chi connectivity index (χ2n) is 4.23. The summed E-state index contributed by atoms with van der Waals surface area (Å²) in [5.74, 6) is 1.69. The fourth-order valence-electron chi connectivity index (χ4n) is 1.74. The molecule has 0 radical (unpaired) electrons. The van der Waals surface area contributed by atoms with E-state index >= 15 is 0 Å². The van der Waals surface area contributed by atoms with Crippen LogP contribution in [0.3, 0.4) is 0 Å². The molecular formula is C15H14BrClO. The minimum Gasteiger partial charge on any atom is -0.457 e. The molecule has 0 unspecified atom stereocenters. The highest BCUT2D eigenvalue weighted by atomic mass is 79.9. The third-order valence-electron chi connectivity index (χ3n) is 2.82. The topological polar surface area (TPSA) is 9.23 Å². The van der Waals surface area contributed by atoms with E-state index in [1.807, 2.05) is 37.3 Å². The van der Waals surface area contributed by atoms with Gasteiger partial charge in [-0.15, -0.1) is 0 Å². The van der Waals surface area contributed by atoms with Crippen molar-refractivity contribution in [2.24, 2.45) is 0 Å². The van der Waals surface area contributed by atoms with E-state index in [1.54, 1.807) is 0 Å². The predicted molar refractivity (Wildman–Crippen MR) is 80.1 cm³/mol. The number of hydrogen-bond donors (Lipinski definition) is 0. The van der Waals surface area contributed by atoms with E-state index in [9.17, 15) is 0 Å². The van der Waals surface area contributed by atoms with E-state index in [-0.39, 0.29) is 0 Å². The molecule has 2 rings (SSSR count). The minimum atomic E-state index is 0.727. The Balaban J connectivity index is 2.26. The summed E-state index contributed by atoms with van der Waals surface area (Å²) in [5.41, 5.74) is 3.52. The van der Waals surface area contributed by atoms with Gasteiger partial charge >= 0.3 is 0 Å². The molecule has 3 heteroatoms. The van der Waals surface area contributed by atoms with Gasteiger partial charge in [0.05, 0.1) is 0 Å². The zero-order valence-corrected chi connectivity index (χ0v) is 12.7. The van der Waals surface area contributed by atoms with Gasteiger partial charge in [-0.05, 0) is 60.9 Å². The van der Waals surface area contributed by atoms with Crippen molar-refractivity contribution in [2.45, 2.75) is 19.2 Å². The quantitative estimate of drug-likeness (QED) is 0.663. The Bertz CT molecular complexity index is 566. The first kappa shape index (κ1) is 13.4. The number of halogens is 2. The Hall–Kier alpha value is -0.990. The summed E-state index contributed by atoms with van der Waals surface area (Å²) in [6.07, 6.45) is 0. The van der Waals surface area contributed by atoms with Crippen molar-refractivity contribution in [1.82, 2.24) is 0 Å². The molecule has 1 nitrogen and oxygen atoms in total. The third-order valence-corrected chi connectivity index (χ3v) is 3.66. The highest BCUT2D eigenvalue weighted by Gasteiger charge is 2.04. The largest absolute Gasteiger partial charge is 0.457 e. The summed E-state index contributed by atoms with van der Waals surface area (Å²) in [6.45, 7) is 4.07. The number of rotatable bonds is 3. The normalized spacial score (nSPS) is 10.4. The van der Waals surface area contributed by atoms with E-state index < -0.39 is 0 Å². The van der Waals surface area contributed by atoms with Crippen molar-refractivity contribution in [2.75, 3.05) is 0 Å². The molecule has 0 fully saturated rings. The molecule has 0 atom stereocenters. The molecule has 0 heterocycles. The maximum Gasteiger partial charge on any atom is 0.130 e. The molecule has 0 saturated heterocycles. The number of alkyl halides is 1. The van der Waals surface area contributed by atoms with Crippen molar-refractivity contribution in [3.8, 4) is 11.5 Å². The summed E-state index contributed by atoms with van der Waals surface area (Å²) >= 11 is 9.39. The monoisotopic (exact) mass is 324 g/mol. The summed E-state index contributed by atoms with van der Waals surface area (Å²) < 4.78 is 5.87. The summed E-state index contributed by atoms with van der Waals surface area (Å²) in [6, 6.07) is 11.7. The van der Waals surface area contributed by atoms with Crippen LogP contribution in [0, 0.1) is 13.8 Å². The second-order valence-corrected chi connectivity index (χ2v) is 5.23. The first-order valence-electron chi connectivity index (χ1n) is 5.69. The molecule has 0 aromatic heterocycles. The van der Waals surface area contributed by atoms with E-state index in [0.29, 0.717) is 0 Å². The van der Waals surface area contributed by atoms with Crippen LogP contribution in [0.2, 0.25) is 5.02 Å². The van der Waals surface area contributed by atoms with Gasteiger partial charge in [0.25, 0.3) is 0 Å². The Labute approximate surface area is 121 Å². The van der Waals surface area contributed by atoms with Crippen LogP contribution in [0.25, 0.3) is 0 Å². The van der Waals surface area contributed by atoms with Crippen molar-refractivity contribution < 1.29 is 4.74 Å². The maximum absolute atomic E-state index is 5.92. The zero-order chi connectivity index (χ0) is 13.1. The lowest BCUT2D eigenvalue weighted by molar-refractivity contribution is 0.478. The van der Waals surface area contributed by atoms with E-state index in [4.69, 9.17) is 16.3 Å². The molecule has 0 bridgehead atoms. The highest BCUT2D eigenvalue weighted by Crippen LogP contribution is 2.28. The van der Waals surface area contributed by atoms with Crippen LogP contribution < -0.4 is 4.74 Å². The van der Waals surface area contributed by atoms with Gasteiger partial charge < -0.3 is 4.74 Å². The fraction of sp³-hybridized carbons (Fsp3) is 0.200. The van der Waals surface area contributed by atoms with E-state index in [1.165, 1.54) is 11.1 Å². The van der Waals surface area contributed by atoms with Gasteiger partial charge in [-0.2, -0.15) is 0 Å². The van der Waals surface area contributed by atoms with Gasteiger partial charge in [-0.25, -0.2) is 0 Å². The Kier molecular flexibility index (Phi) is 4.31. The molecule has 0 aliphatic carbocycles. The molecule has 0 N–H and O–H groups in total. The molecule has 2 aromatic rings. The van der Waals surface area contributed by atoms with Crippen molar-refractivity contribution in [1.29, 1.82) is 0 Å². The molecule has 18 heavy (non-hydrogen) atoms. The van der Waals surface area contributed by atoms with Crippen LogP contribution in [-0.2, 0) is 5.33 Å². The van der Waals surface area contributed by atoms with E-state index in [0.717, 1.165) is 27.4 Å². The van der Waals surface area contributed by atoms with E-state index in [2.05, 4.69) is 28.9 Å². The molecule has 0 spiro atoms. The number of hydrogen-bond acceptors (Lipinski definition) is 1. The van der Waals surface area contributed by atoms with Crippen LogP contribution in [0.5, 0.6) is 11.5 Å². The van der Waals surface area contributed by atoms with Crippen LogP contribution in [-0.4, -0.2) is 0 Å². The molecule has 0 aliphatic heterocycles. The van der Waals surface area contributed by atoms with Gasteiger partial charge in [0.2, 0.25) is 0 Å². The van der Waals surface area contributed by atoms with Gasteiger partial charge in [-0.1, -0.05) is 33.6 Å². The van der Waals surface area contributed by atoms with Crippen LogP contribution in [0.15, 0.2) is 36.4 Å². The van der Waals surface area contributed by atoms with Crippen LogP contribution >= 0.6 is 27.5 Å². The standard InChI is InChI=1S/C15H14BrClO/c1-10-8-14(5-3-12(10)9-16)18-15-6-4-13(17)7-11(15)2/h3-8H,9H2,1-2H3. The first-order chi connectivity index (χ1) is 8.60. The maximum atomic E-state index is 5.92. The Morgan fingerprint density at radius 2 is 1.83 bits per heavy atom. The molecule has 2 aromatic carbocycles. The zero-order valence-electron chi connectivity index (χ0n) is 10.3. The lowest BCUT2D eigenvalue weighted by Gasteiger charge is -2.11. The minimum absolute atomic E-state index is 0.727. The lowest BCUT2D eigenvalue weighted by atomic mass is 10.1. The number of aryl methyl sites for hydroxylation is 2. The number of benzene rings is 2. The van der Waals surface area contributed by atoms with Gasteiger partial charge in [0, 0.05) is 10.4 Å². The molecule has 0 saturated carbocycles. The molecule has 0 aliphatic rings. The predicted octanol–water partition coefficient (Wildman–Crippen LogP) is 5.64. The second kappa shape index (κ2) is 5.77. The van der Waals surface area contributed by atoms with Crippen LogP contribution in [0.4, 0.5) is 0 Å². The smallest absolute Gasteiger partial charge is 0.130 e. The Morgan fingerprint density at radius 1 is 1.06 bits per heavy atom. The molecule has 94 valence electrons. The SMILES string of the molecule is Cc1cc(Oc2ccc(Cl)cc2C)ccc1CBr. The summed E-state index contributed by atoms with van der Waals surface area (Å²) in [7, 11) is 0. The van der Waals surface area contributed by atoms with Crippen LogP contribution in [0.1, 0.15) is 16.7 Å². The molecular weight excluding hydrogens is 312 g/mol. The van der Waals surface area contributed by atoms with Crippen molar-refractivity contribution in [3.05, 3.63) is 58.1 Å². The third kappa shape index (κ3) is 3.06. The van der Waals surface area contributed by atoms with Gasteiger partial charge in [-0.3, -0.25) is 0 Å². The molecule has 0 amide bonds. The highest BCUT2D eigenvalue weighted by molar-refractivity contribution is 9.08. The van der Waals surface area contributed by atoms with Gasteiger partial charge in [0.15, 0.2) is 0 Å². The van der Waals surface area contributed by atoms with Gasteiger partial charge in [0.1, 0.15) is 11.5 Å². The fourth-order valence-corrected chi connectivity index (χ4v) is 2.59. The average Bonchev–Trinajstić information content (AvgIpc) is 2.33. The van der Waals surface area contributed by atoms with Crippen molar-refractivity contribution in [3.63, 3.8) is 0 Å². The summed E-state index contributed by atoms with van der Waals surface area (Å²) in [4.78, 5) is 0.